The number of hydrogen-bond acceptors (Lipinski definition) is 3. The summed E-state index contributed by atoms with van der Waals surface area (Å²) >= 11 is 0. The first-order valence-corrected chi connectivity index (χ1v) is 11.6. The lowest BCUT2D eigenvalue weighted by Crippen LogP contribution is -2.59. The summed E-state index contributed by atoms with van der Waals surface area (Å²) in [4.78, 5) is 12.2. The molecular weight excluding hydrogens is 448 g/mol. The van der Waals surface area contributed by atoms with Gasteiger partial charge in [0.05, 0.1) is 4.90 Å². The van der Waals surface area contributed by atoms with Crippen LogP contribution in [0, 0.1) is 23.6 Å². The van der Waals surface area contributed by atoms with Crippen LogP contribution in [0.15, 0.2) is 41.3 Å². The zero-order chi connectivity index (χ0) is 23.3. The average molecular weight is 466 g/mol. The van der Waals surface area contributed by atoms with Gasteiger partial charge in [-0.1, -0.05) is 24.0 Å². The van der Waals surface area contributed by atoms with Crippen molar-refractivity contribution in [3.8, 4) is 11.8 Å². The zero-order valence-corrected chi connectivity index (χ0v) is 17.6. The Kier molecular flexibility index (Phi) is 5.20. The third-order valence-electron chi connectivity index (χ3n) is 5.35. The largest absolute Gasteiger partial charge is 0.427 e. The smallest absolute Gasteiger partial charge is 0.310 e. The maximum atomic E-state index is 14.9. The van der Waals surface area contributed by atoms with E-state index < -0.39 is 39.0 Å². The number of carbonyl (C=O) groups excluding carboxylic acids is 1. The van der Waals surface area contributed by atoms with Crippen LogP contribution in [0.25, 0.3) is 0 Å². The van der Waals surface area contributed by atoms with E-state index in [4.69, 9.17) is 0 Å². The monoisotopic (exact) mass is 466 g/mol. The number of amides is 2. The number of alkyl halides is 3. The number of anilines is 1. The normalized spacial score (nSPS) is 20.5. The zero-order valence-electron chi connectivity index (χ0n) is 16.8. The Bertz CT molecular complexity index is 1260. The van der Waals surface area contributed by atoms with E-state index in [9.17, 15) is 30.8 Å². The van der Waals surface area contributed by atoms with Gasteiger partial charge in [-0.05, 0) is 48.2 Å². The van der Waals surface area contributed by atoms with E-state index in [1.807, 2.05) is 5.32 Å². The SMILES string of the molecule is CS(=O)(=O)c1ccc(Cc2cc3c(cc2F)C(C#CC2CC2)(C(F)(F)F)NC(=O)N3)cc1. The van der Waals surface area contributed by atoms with Gasteiger partial charge in [-0.3, -0.25) is 0 Å². The predicted octanol–water partition coefficient (Wildman–Crippen LogP) is 4.13. The van der Waals surface area contributed by atoms with Crippen molar-refractivity contribution in [2.24, 2.45) is 5.92 Å². The van der Waals surface area contributed by atoms with Crippen molar-refractivity contribution in [1.82, 2.24) is 5.32 Å². The van der Waals surface area contributed by atoms with Crippen molar-refractivity contribution in [2.45, 2.75) is 35.9 Å². The third-order valence-corrected chi connectivity index (χ3v) is 6.48. The second-order valence-electron chi connectivity index (χ2n) is 7.95. The molecule has 2 aliphatic rings. The maximum absolute atomic E-state index is 14.9. The fourth-order valence-corrected chi connectivity index (χ4v) is 4.09. The van der Waals surface area contributed by atoms with E-state index in [0.29, 0.717) is 18.4 Å². The van der Waals surface area contributed by atoms with E-state index in [0.717, 1.165) is 18.4 Å². The fraction of sp³-hybridized carbons (Fsp3) is 0.318. The molecule has 0 radical (unpaired) electrons. The first kappa shape index (κ1) is 22.1. The van der Waals surface area contributed by atoms with Crippen molar-refractivity contribution >= 4 is 21.6 Å². The lowest BCUT2D eigenvalue weighted by Gasteiger charge is -2.37. The van der Waals surface area contributed by atoms with E-state index in [1.165, 1.54) is 24.3 Å². The minimum Gasteiger partial charge on any atom is -0.310 e. The summed E-state index contributed by atoms with van der Waals surface area (Å²) in [6, 6.07) is 6.55. The van der Waals surface area contributed by atoms with Crippen molar-refractivity contribution in [1.29, 1.82) is 0 Å². The quantitative estimate of drug-likeness (QED) is 0.528. The minimum atomic E-state index is -4.98. The number of halogens is 4. The summed E-state index contributed by atoms with van der Waals surface area (Å²) in [5.41, 5.74) is -3.10. The lowest BCUT2D eigenvalue weighted by atomic mass is 9.85. The molecule has 1 fully saturated rings. The summed E-state index contributed by atoms with van der Waals surface area (Å²) in [7, 11) is -3.40. The highest BCUT2D eigenvalue weighted by Crippen LogP contribution is 2.45. The average Bonchev–Trinajstić information content (AvgIpc) is 3.50. The molecule has 10 heteroatoms. The van der Waals surface area contributed by atoms with Crippen LogP contribution in [0.1, 0.15) is 29.5 Å². The fourth-order valence-electron chi connectivity index (χ4n) is 3.46. The summed E-state index contributed by atoms with van der Waals surface area (Å²) in [6.45, 7) is 0. The van der Waals surface area contributed by atoms with Gasteiger partial charge in [-0.15, -0.1) is 0 Å². The van der Waals surface area contributed by atoms with E-state index in [-0.39, 0.29) is 28.5 Å². The minimum absolute atomic E-state index is 0.0147. The van der Waals surface area contributed by atoms with Crippen LogP contribution >= 0.6 is 0 Å². The van der Waals surface area contributed by atoms with Gasteiger partial charge < -0.3 is 10.6 Å². The summed E-state index contributed by atoms with van der Waals surface area (Å²) in [6.07, 6.45) is -2.56. The molecule has 0 bridgehead atoms. The third kappa shape index (κ3) is 4.17. The Labute approximate surface area is 182 Å². The Morgan fingerprint density at radius 2 is 1.81 bits per heavy atom. The first-order valence-electron chi connectivity index (χ1n) is 9.69. The van der Waals surface area contributed by atoms with Crippen LogP contribution < -0.4 is 10.6 Å². The number of hydrogen-bond donors (Lipinski definition) is 2. The van der Waals surface area contributed by atoms with Crippen molar-refractivity contribution in [2.75, 3.05) is 11.6 Å². The Morgan fingerprint density at radius 3 is 2.38 bits per heavy atom. The molecule has 2 amide bonds. The van der Waals surface area contributed by atoms with Crippen LogP contribution in [0.3, 0.4) is 0 Å². The van der Waals surface area contributed by atoms with Crippen LogP contribution in [0.2, 0.25) is 0 Å². The van der Waals surface area contributed by atoms with Crippen LogP contribution in [0.5, 0.6) is 0 Å². The van der Waals surface area contributed by atoms with Gasteiger partial charge in [0, 0.05) is 29.8 Å². The molecule has 2 aromatic rings. The number of nitrogens with one attached hydrogen (secondary N) is 2. The molecule has 2 N–H and O–H groups in total. The second-order valence-corrected chi connectivity index (χ2v) is 9.97. The summed E-state index contributed by atoms with van der Waals surface area (Å²) < 4.78 is 80.4. The number of rotatable bonds is 3. The molecule has 1 saturated carbocycles. The molecule has 2 aromatic carbocycles. The highest BCUT2D eigenvalue weighted by Gasteiger charge is 2.59. The highest BCUT2D eigenvalue weighted by molar-refractivity contribution is 7.90. The number of benzene rings is 2. The van der Waals surface area contributed by atoms with Crippen molar-refractivity contribution in [3.05, 3.63) is 58.9 Å². The van der Waals surface area contributed by atoms with Gasteiger partial charge in [-0.2, -0.15) is 13.2 Å². The van der Waals surface area contributed by atoms with Gasteiger partial charge in [0.1, 0.15) is 5.82 Å². The molecule has 1 atom stereocenters. The van der Waals surface area contributed by atoms with Crippen molar-refractivity contribution < 1.29 is 30.8 Å². The molecule has 0 saturated heterocycles. The molecule has 32 heavy (non-hydrogen) atoms. The number of carbonyl (C=O) groups is 1. The van der Waals surface area contributed by atoms with E-state index in [1.54, 1.807) is 0 Å². The lowest BCUT2D eigenvalue weighted by molar-refractivity contribution is -0.178. The topological polar surface area (TPSA) is 75.3 Å². The van der Waals surface area contributed by atoms with Crippen LogP contribution in [-0.2, 0) is 21.8 Å². The molecule has 168 valence electrons. The molecule has 1 heterocycles. The first-order chi connectivity index (χ1) is 14.9. The van der Waals surface area contributed by atoms with Gasteiger partial charge >= 0.3 is 12.2 Å². The maximum Gasteiger partial charge on any atom is 0.427 e. The Balaban J connectivity index is 1.75. The molecule has 0 aromatic heterocycles. The molecule has 0 spiro atoms. The molecule has 5 nitrogen and oxygen atoms in total. The molecule has 1 aliphatic heterocycles. The predicted molar refractivity (Wildman–Crippen MR) is 109 cm³/mol. The van der Waals surface area contributed by atoms with Gasteiger partial charge in [0.15, 0.2) is 9.84 Å². The Hall–Kier alpha value is -3.06. The van der Waals surface area contributed by atoms with E-state index >= 15 is 0 Å². The van der Waals surface area contributed by atoms with Crippen molar-refractivity contribution in [3.63, 3.8) is 0 Å². The summed E-state index contributed by atoms with van der Waals surface area (Å²) in [5.74, 6) is 3.66. The number of urea groups is 1. The number of fused-ring (bicyclic) bond motifs is 1. The molecule has 1 unspecified atom stereocenters. The Morgan fingerprint density at radius 1 is 1.16 bits per heavy atom. The van der Waals surface area contributed by atoms with Crippen LogP contribution in [0.4, 0.5) is 28.0 Å². The molecule has 4 rings (SSSR count). The van der Waals surface area contributed by atoms with Gasteiger partial charge in [-0.25, -0.2) is 17.6 Å². The van der Waals surface area contributed by atoms with Gasteiger partial charge in [0.2, 0.25) is 5.54 Å². The van der Waals surface area contributed by atoms with Gasteiger partial charge in [0.25, 0.3) is 0 Å². The van der Waals surface area contributed by atoms with E-state index in [2.05, 4.69) is 17.2 Å². The highest BCUT2D eigenvalue weighted by atomic mass is 32.2. The molecule has 1 aliphatic carbocycles. The van der Waals surface area contributed by atoms with Crippen LogP contribution in [-0.4, -0.2) is 26.9 Å². The molecular formula is C22H18F4N2O3S. The number of sulfone groups is 1. The standard InChI is InChI=1S/C22H18F4N2O3S/c1-32(30,31)16-6-4-14(5-7-16)10-15-11-19-17(12-18(15)23)21(22(24,25)26,28-20(29)27-19)9-8-13-2-3-13/h4-7,11-13H,2-3,10H2,1H3,(H2,27,28,29). The second kappa shape index (κ2) is 7.52. The summed E-state index contributed by atoms with van der Waals surface area (Å²) in [5, 5.41) is 4.16.